The number of thiazole rings is 1. The summed E-state index contributed by atoms with van der Waals surface area (Å²) in [6.07, 6.45) is 0.423. The molecule has 0 saturated carbocycles. The van der Waals surface area contributed by atoms with Gasteiger partial charge in [0.15, 0.2) is 10.8 Å². The monoisotopic (exact) mass is 267 g/mol. The van der Waals surface area contributed by atoms with Gasteiger partial charge in [-0.1, -0.05) is 36.4 Å². The Morgan fingerprint density at radius 3 is 2.63 bits per heavy atom. The molecule has 0 aliphatic heterocycles. The van der Waals surface area contributed by atoms with Crippen LogP contribution >= 0.6 is 11.3 Å². The van der Waals surface area contributed by atoms with E-state index in [0.29, 0.717) is 11.4 Å². The molecule has 0 unspecified atom stereocenters. The highest BCUT2D eigenvalue weighted by molar-refractivity contribution is 7.20. The van der Waals surface area contributed by atoms with Gasteiger partial charge < -0.3 is 0 Å². The van der Waals surface area contributed by atoms with Crippen molar-refractivity contribution in [1.82, 2.24) is 4.98 Å². The summed E-state index contributed by atoms with van der Waals surface area (Å²) in [4.78, 5) is 16.7. The maximum absolute atomic E-state index is 12.3. The largest absolute Gasteiger partial charge is 0.291 e. The van der Waals surface area contributed by atoms with E-state index in [9.17, 15) is 4.79 Å². The van der Waals surface area contributed by atoms with Gasteiger partial charge in [0.25, 0.3) is 0 Å². The lowest BCUT2D eigenvalue weighted by Crippen LogP contribution is -2.04. The quantitative estimate of drug-likeness (QED) is 0.671. The highest BCUT2D eigenvalue weighted by Gasteiger charge is 2.13. The normalized spacial score (nSPS) is 10.8. The first kappa shape index (κ1) is 12.1. The van der Waals surface area contributed by atoms with Crippen molar-refractivity contribution < 1.29 is 4.79 Å². The average molecular weight is 267 g/mol. The van der Waals surface area contributed by atoms with Gasteiger partial charge >= 0.3 is 0 Å². The van der Waals surface area contributed by atoms with Gasteiger partial charge in [0.05, 0.1) is 10.2 Å². The second-order valence-corrected chi connectivity index (χ2v) is 5.54. The van der Waals surface area contributed by atoms with Crippen LogP contribution in [0.15, 0.2) is 48.5 Å². The molecule has 0 bridgehead atoms. The van der Waals surface area contributed by atoms with Gasteiger partial charge in [-0.25, -0.2) is 4.98 Å². The second-order valence-electron chi connectivity index (χ2n) is 4.51. The number of hydrogen-bond donors (Lipinski definition) is 0. The smallest absolute Gasteiger partial charge is 0.195 e. The molecule has 2 aromatic carbocycles. The Kier molecular flexibility index (Phi) is 3.13. The van der Waals surface area contributed by atoms with Crippen LogP contribution in [0.1, 0.15) is 20.9 Å². The van der Waals surface area contributed by atoms with Crippen LogP contribution in [-0.2, 0) is 6.42 Å². The molecule has 1 heterocycles. The number of Topliss-reactive ketones (excluding diaryl/α,β-unsaturated/α-hetero) is 1. The van der Waals surface area contributed by atoms with Crippen molar-refractivity contribution in [3.63, 3.8) is 0 Å². The molecule has 3 aromatic rings. The fourth-order valence-electron chi connectivity index (χ4n) is 2.05. The molecule has 0 spiro atoms. The van der Waals surface area contributed by atoms with Gasteiger partial charge in [-0.05, 0) is 30.2 Å². The molecular weight excluding hydrogens is 254 g/mol. The van der Waals surface area contributed by atoms with Crippen molar-refractivity contribution in [3.8, 4) is 0 Å². The van der Waals surface area contributed by atoms with Crippen molar-refractivity contribution in [2.75, 3.05) is 0 Å². The molecule has 0 fully saturated rings. The molecule has 0 radical (unpaired) electrons. The molecule has 2 nitrogen and oxygen atoms in total. The molecule has 94 valence electrons. The lowest BCUT2D eigenvalue weighted by molar-refractivity contribution is 0.0992. The Labute approximate surface area is 115 Å². The predicted molar refractivity (Wildman–Crippen MR) is 78.8 cm³/mol. The number of benzene rings is 2. The summed E-state index contributed by atoms with van der Waals surface area (Å²) in [5.41, 5.74) is 3.13. The second kappa shape index (κ2) is 4.94. The van der Waals surface area contributed by atoms with Gasteiger partial charge in [0.2, 0.25) is 0 Å². The van der Waals surface area contributed by atoms with E-state index in [1.165, 1.54) is 11.3 Å². The lowest BCUT2D eigenvalue weighted by atomic mass is 10.0. The molecule has 0 aliphatic carbocycles. The Hall–Kier alpha value is -2.00. The summed E-state index contributed by atoms with van der Waals surface area (Å²) in [7, 11) is 0. The lowest BCUT2D eigenvalue weighted by Gasteiger charge is -2.02. The van der Waals surface area contributed by atoms with E-state index in [1.807, 2.05) is 55.5 Å². The van der Waals surface area contributed by atoms with Crippen LogP contribution in [0.5, 0.6) is 0 Å². The summed E-state index contributed by atoms with van der Waals surface area (Å²) >= 11 is 1.47. The van der Waals surface area contributed by atoms with E-state index < -0.39 is 0 Å². The maximum Gasteiger partial charge on any atom is 0.195 e. The molecule has 3 rings (SSSR count). The third kappa shape index (κ3) is 2.42. The predicted octanol–water partition coefficient (Wildman–Crippen LogP) is 4.03. The van der Waals surface area contributed by atoms with E-state index in [1.54, 1.807) is 0 Å². The zero-order valence-electron chi connectivity index (χ0n) is 10.6. The molecule has 0 atom stereocenters. The molecule has 0 N–H and O–H groups in total. The van der Waals surface area contributed by atoms with Crippen LogP contribution in [0.3, 0.4) is 0 Å². The molecule has 0 saturated heterocycles. The number of ketones is 1. The first-order chi connectivity index (χ1) is 9.24. The Bertz CT molecular complexity index is 712. The van der Waals surface area contributed by atoms with Crippen molar-refractivity contribution in [2.24, 2.45) is 0 Å². The van der Waals surface area contributed by atoms with E-state index in [-0.39, 0.29) is 5.78 Å². The Balaban J connectivity index is 1.90. The zero-order chi connectivity index (χ0) is 13.2. The number of fused-ring (bicyclic) bond motifs is 1. The van der Waals surface area contributed by atoms with Crippen LogP contribution in [0.25, 0.3) is 10.2 Å². The minimum Gasteiger partial charge on any atom is -0.291 e. The molecule has 0 aliphatic rings. The van der Waals surface area contributed by atoms with Crippen LogP contribution < -0.4 is 0 Å². The fourth-order valence-corrected chi connectivity index (χ4v) is 2.95. The van der Waals surface area contributed by atoms with E-state index in [4.69, 9.17) is 0 Å². The van der Waals surface area contributed by atoms with Crippen molar-refractivity contribution >= 4 is 27.3 Å². The summed E-state index contributed by atoms with van der Waals surface area (Å²) in [6, 6.07) is 15.8. The Morgan fingerprint density at radius 1 is 1.11 bits per heavy atom. The summed E-state index contributed by atoms with van der Waals surface area (Å²) < 4.78 is 1.07. The summed E-state index contributed by atoms with van der Waals surface area (Å²) in [6.45, 7) is 2.03. The highest BCUT2D eigenvalue weighted by atomic mass is 32.1. The number of aryl methyl sites for hydroxylation is 1. The van der Waals surface area contributed by atoms with Gasteiger partial charge in [0.1, 0.15) is 0 Å². The number of para-hydroxylation sites is 1. The average Bonchev–Trinajstić information content (AvgIpc) is 2.85. The number of hydrogen-bond acceptors (Lipinski definition) is 3. The van der Waals surface area contributed by atoms with Crippen LogP contribution in [0.4, 0.5) is 0 Å². The minimum atomic E-state index is 0.0931. The van der Waals surface area contributed by atoms with Crippen LogP contribution in [-0.4, -0.2) is 10.8 Å². The van der Waals surface area contributed by atoms with Crippen LogP contribution in [0, 0.1) is 6.92 Å². The number of nitrogens with zero attached hydrogens (tertiary/aromatic N) is 1. The van der Waals surface area contributed by atoms with E-state index >= 15 is 0 Å². The minimum absolute atomic E-state index is 0.0931. The molecule has 1 aromatic heterocycles. The molecule has 19 heavy (non-hydrogen) atoms. The third-order valence-electron chi connectivity index (χ3n) is 3.14. The van der Waals surface area contributed by atoms with Gasteiger partial charge in [-0.3, -0.25) is 4.79 Å². The highest BCUT2D eigenvalue weighted by Crippen LogP contribution is 2.23. The summed E-state index contributed by atoms with van der Waals surface area (Å²) in [5, 5.41) is 0.601. The standard InChI is InChI=1S/C16H13NOS/c1-11-6-2-3-7-12(11)10-14(18)16-17-13-8-4-5-9-15(13)19-16/h2-9H,10H2,1H3. The van der Waals surface area contributed by atoms with Crippen LogP contribution in [0.2, 0.25) is 0 Å². The zero-order valence-corrected chi connectivity index (χ0v) is 11.4. The summed E-state index contributed by atoms with van der Waals surface area (Å²) in [5.74, 6) is 0.0931. The Morgan fingerprint density at radius 2 is 1.84 bits per heavy atom. The third-order valence-corrected chi connectivity index (χ3v) is 4.22. The number of rotatable bonds is 3. The molecule has 3 heteroatoms. The first-order valence-corrected chi connectivity index (χ1v) is 6.99. The maximum atomic E-state index is 12.3. The molecular formula is C16H13NOS. The van der Waals surface area contributed by atoms with E-state index in [0.717, 1.165) is 21.3 Å². The molecule has 0 amide bonds. The number of carbonyl (C=O) groups excluding carboxylic acids is 1. The SMILES string of the molecule is Cc1ccccc1CC(=O)c1nc2ccccc2s1. The first-order valence-electron chi connectivity index (χ1n) is 6.17. The van der Waals surface area contributed by atoms with Crippen molar-refractivity contribution in [3.05, 3.63) is 64.7 Å². The van der Waals surface area contributed by atoms with Gasteiger partial charge in [-0.15, -0.1) is 11.3 Å². The van der Waals surface area contributed by atoms with Gasteiger partial charge in [0, 0.05) is 6.42 Å². The fraction of sp³-hybridized carbons (Fsp3) is 0.125. The van der Waals surface area contributed by atoms with Gasteiger partial charge in [-0.2, -0.15) is 0 Å². The van der Waals surface area contributed by atoms with E-state index in [2.05, 4.69) is 4.98 Å². The topological polar surface area (TPSA) is 30.0 Å². The number of carbonyl (C=O) groups is 1. The van der Waals surface area contributed by atoms with Crippen molar-refractivity contribution in [1.29, 1.82) is 0 Å². The van der Waals surface area contributed by atoms with Crippen molar-refractivity contribution in [2.45, 2.75) is 13.3 Å². The number of aromatic nitrogens is 1.